The van der Waals surface area contributed by atoms with Crippen molar-refractivity contribution in [3.8, 4) is 0 Å². The van der Waals surface area contributed by atoms with Crippen LogP contribution in [-0.2, 0) is 4.74 Å². The van der Waals surface area contributed by atoms with Gasteiger partial charge in [0.15, 0.2) is 6.29 Å². The summed E-state index contributed by atoms with van der Waals surface area (Å²) in [6.45, 7) is 13.2. The highest BCUT2D eigenvalue weighted by molar-refractivity contribution is 5.02. The van der Waals surface area contributed by atoms with Crippen molar-refractivity contribution in [3.05, 3.63) is 24.3 Å². The van der Waals surface area contributed by atoms with Crippen molar-refractivity contribution in [1.29, 1.82) is 0 Å². The minimum absolute atomic E-state index is 0.0231. The van der Waals surface area contributed by atoms with E-state index in [2.05, 4.69) is 26.5 Å². The summed E-state index contributed by atoms with van der Waals surface area (Å²) in [7, 11) is 0. The first kappa shape index (κ1) is 16.8. The van der Waals surface area contributed by atoms with E-state index in [1.165, 1.54) is 5.57 Å². The normalized spacial score (nSPS) is 14.9. The van der Waals surface area contributed by atoms with Crippen LogP contribution in [0.1, 0.15) is 47.5 Å². The molecule has 2 heteroatoms. The molecule has 0 fully saturated rings. The molecule has 1 N–H and O–H groups in total. The van der Waals surface area contributed by atoms with Crippen LogP contribution >= 0.6 is 0 Å². The molecule has 0 aromatic carbocycles. The highest BCUT2D eigenvalue weighted by atomic mass is 16.6. The van der Waals surface area contributed by atoms with E-state index in [1.807, 2.05) is 19.9 Å². The zero-order chi connectivity index (χ0) is 12.3. The van der Waals surface area contributed by atoms with Gasteiger partial charge in [-0.2, -0.15) is 0 Å². The highest BCUT2D eigenvalue weighted by Gasteiger charge is 2.06. The largest absolute Gasteiger partial charge is 0.368 e. The van der Waals surface area contributed by atoms with Gasteiger partial charge in [0, 0.05) is 0 Å². The summed E-state index contributed by atoms with van der Waals surface area (Å²) in [5, 5.41) is 8.89. The van der Waals surface area contributed by atoms with Crippen molar-refractivity contribution in [2.24, 2.45) is 0 Å². The van der Waals surface area contributed by atoms with E-state index in [1.54, 1.807) is 6.92 Å². The fraction of sp³-hybridized carbons (Fsp3) is 0.692. The maximum Gasteiger partial charge on any atom is 0.152 e. The topological polar surface area (TPSA) is 29.5 Å². The van der Waals surface area contributed by atoms with Crippen molar-refractivity contribution in [2.75, 3.05) is 0 Å². The summed E-state index contributed by atoms with van der Waals surface area (Å²) < 4.78 is 5.15. The van der Waals surface area contributed by atoms with Crippen LogP contribution in [0, 0.1) is 0 Å². The predicted molar refractivity (Wildman–Crippen MR) is 66.8 cm³/mol. The molecule has 2 unspecified atom stereocenters. The van der Waals surface area contributed by atoms with Crippen LogP contribution in [0.3, 0.4) is 0 Å². The molecular weight excluding hydrogens is 188 g/mol. The summed E-state index contributed by atoms with van der Waals surface area (Å²) in [4.78, 5) is 0. The van der Waals surface area contributed by atoms with Gasteiger partial charge in [0.05, 0.1) is 6.10 Å². The van der Waals surface area contributed by atoms with Gasteiger partial charge in [0.2, 0.25) is 0 Å². The highest BCUT2D eigenvalue weighted by Crippen LogP contribution is 2.07. The first-order valence-corrected chi connectivity index (χ1v) is 5.60. The van der Waals surface area contributed by atoms with Crippen LogP contribution < -0.4 is 0 Å². The van der Waals surface area contributed by atoms with Crippen molar-refractivity contribution in [2.45, 2.75) is 59.9 Å². The molecule has 0 spiro atoms. The second kappa shape index (κ2) is 11.5. The van der Waals surface area contributed by atoms with Crippen molar-refractivity contribution in [1.82, 2.24) is 0 Å². The summed E-state index contributed by atoms with van der Waals surface area (Å²) in [6, 6.07) is 0. The van der Waals surface area contributed by atoms with Crippen molar-refractivity contribution in [3.63, 3.8) is 0 Å². The van der Waals surface area contributed by atoms with E-state index in [9.17, 15) is 0 Å². The monoisotopic (exact) mass is 214 g/mol. The molecule has 2 nitrogen and oxygen atoms in total. The molecule has 0 aliphatic rings. The van der Waals surface area contributed by atoms with Crippen LogP contribution in [0.15, 0.2) is 24.3 Å². The Labute approximate surface area is 94.7 Å². The lowest BCUT2D eigenvalue weighted by atomic mass is 10.1. The number of allylic oxidation sites excluding steroid dienone is 2. The molecule has 0 heterocycles. The van der Waals surface area contributed by atoms with E-state index < -0.39 is 6.29 Å². The number of aliphatic hydroxyl groups excluding tert-OH is 1. The van der Waals surface area contributed by atoms with Gasteiger partial charge in [-0.1, -0.05) is 26.0 Å². The molecule has 0 aliphatic carbocycles. The molecular formula is C13H26O2. The van der Waals surface area contributed by atoms with Crippen LogP contribution in [-0.4, -0.2) is 17.5 Å². The van der Waals surface area contributed by atoms with Crippen LogP contribution in [0.2, 0.25) is 0 Å². The van der Waals surface area contributed by atoms with Gasteiger partial charge in [-0.05, 0) is 39.2 Å². The fourth-order valence-electron chi connectivity index (χ4n) is 0.891. The smallest absolute Gasteiger partial charge is 0.152 e. The second-order valence-corrected chi connectivity index (χ2v) is 3.43. The van der Waals surface area contributed by atoms with Gasteiger partial charge < -0.3 is 9.84 Å². The number of rotatable bonds is 5. The third-order valence-corrected chi connectivity index (χ3v) is 1.86. The van der Waals surface area contributed by atoms with Gasteiger partial charge >= 0.3 is 0 Å². The molecule has 0 aromatic rings. The number of hydrogen-bond donors (Lipinski definition) is 1. The van der Waals surface area contributed by atoms with Crippen LogP contribution in [0.5, 0.6) is 0 Å². The predicted octanol–water partition coefficient (Wildman–Crippen LogP) is 3.67. The Bertz CT molecular complexity index is 171. The van der Waals surface area contributed by atoms with E-state index in [4.69, 9.17) is 9.84 Å². The van der Waals surface area contributed by atoms with Crippen molar-refractivity contribution >= 4 is 0 Å². The quantitative estimate of drug-likeness (QED) is 0.559. The fourth-order valence-corrected chi connectivity index (χ4v) is 0.891. The van der Waals surface area contributed by atoms with E-state index in [0.717, 1.165) is 12.8 Å². The van der Waals surface area contributed by atoms with Crippen LogP contribution in [0.25, 0.3) is 0 Å². The lowest BCUT2D eigenvalue weighted by Gasteiger charge is -2.15. The van der Waals surface area contributed by atoms with Crippen LogP contribution in [0.4, 0.5) is 0 Å². The Morgan fingerprint density at radius 3 is 2.07 bits per heavy atom. The van der Waals surface area contributed by atoms with E-state index >= 15 is 0 Å². The molecule has 0 aliphatic heterocycles. The van der Waals surface area contributed by atoms with Crippen molar-refractivity contribution < 1.29 is 9.84 Å². The minimum Gasteiger partial charge on any atom is -0.368 e. The number of ether oxygens (including phenoxy) is 1. The molecule has 0 rings (SSSR count). The van der Waals surface area contributed by atoms with E-state index in [0.29, 0.717) is 0 Å². The molecule has 15 heavy (non-hydrogen) atoms. The maximum absolute atomic E-state index is 8.89. The minimum atomic E-state index is -0.676. The van der Waals surface area contributed by atoms with Gasteiger partial charge in [0.1, 0.15) is 0 Å². The third kappa shape index (κ3) is 13.4. The SMILES string of the molecule is C=CCC.CC/C=C(\C)C(C)OC(C)O. The molecule has 90 valence electrons. The molecule has 0 amide bonds. The molecule has 0 radical (unpaired) electrons. The first-order chi connectivity index (χ1) is 6.99. The number of aliphatic hydroxyl groups is 1. The van der Waals surface area contributed by atoms with E-state index in [-0.39, 0.29) is 6.10 Å². The van der Waals surface area contributed by atoms with Gasteiger partial charge in [0.25, 0.3) is 0 Å². The number of hydrogen-bond acceptors (Lipinski definition) is 2. The van der Waals surface area contributed by atoms with Gasteiger partial charge in [-0.15, -0.1) is 6.58 Å². The molecule has 0 saturated carbocycles. The second-order valence-electron chi connectivity index (χ2n) is 3.43. The first-order valence-electron chi connectivity index (χ1n) is 5.60. The average Bonchev–Trinajstić information content (AvgIpc) is 2.17. The van der Waals surface area contributed by atoms with Gasteiger partial charge in [-0.3, -0.25) is 0 Å². The third-order valence-electron chi connectivity index (χ3n) is 1.86. The molecule has 0 aromatic heterocycles. The summed E-state index contributed by atoms with van der Waals surface area (Å²) in [5.74, 6) is 0. The maximum atomic E-state index is 8.89. The lowest BCUT2D eigenvalue weighted by Crippen LogP contribution is -2.17. The molecule has 0 saturated heterocycles. The molecule has 0 bridgehead atoms. The standard InChI is InChI=1S/C9H18O2.C4H8/c1-5-6-7(2)8(3)11-9(4)10;1-3-4-2/h6,8-10H,5H2,1-4H3;3H,1,4H2,2H3/b7-6+;. The zero-order valence-corrected chi connectivity index (χ0v) is 10.8. The summed E-state index contributed by atoms with van der Waals surface area (Å²) in [5.41, 5.74) is 1.17. The summed E-state index contributed by atoms with van der Waals surface area (Å²) >= 11 is 0. The van der Waals surface area contributed by atoms with Gasteiger partial charge in [-0.25, -0.2) is 0 Å². The molecule has 2 atom stereocenters. The zero-order valence-electron chi connectivity index (χ0n) is 10.8. The Kier molecular flexibility index (Phi) is 12.9. The lowest BCUT2D eigenvalue weighted by molar-refractivity contribution is -0.107. The Balaban J connectivity index is 0. The Hall–Kier alpha value is -0.600. The Morgan fingerprint density at radius 2 is 1.80 bits per heavy atom. The summed E-state index contributed by atoms with van der Waals surface area (Å²) in [6.07, 6.45) is 5.42. The Morgan fingerprint density at radius 1 is 1.33 bits per heavy atom. The average molecular weight is 214 g/mol.